The lowest BCUT2D eigenvalue weighted by molar-refractivity contribution is -0.146. The third kappa shape index (κ3) is 6.45. The number of hydrogen-bond acceptors (Lipinski definition) is 5. The summed E-state index contributed by atoms with van der Waals surface area (Å²) < 4.78 is 6.63. The monoisotopic (exact) mass is 531 g/mol. The first-order chi connectivity index (χ1) is 17.3. The summed E-state index contributed by atoms with van der Waals surface area (Å²) in [5.74, 6) is -0.116. The lowest BCUT2D eigenvalue weighted by atomic mass is 10.1. The summed E-state index contributed by atoms with van der Waals surface area (Å²) in [6.07, 6.45) is 0.979. The molecule has 0 aliphatic carbocycles. The second-order valence-electron chi connectivity index (χ2n) is 8.34. The highest BCUT2D eigenvalue weighted by molar-refractivity contribution is 6.35. The Morgan fingerprint density at radius 1 is 1.08 bits per heavy atom. The number of halogens is 2. The van der Waals surface area contributed by atoms with Gasteiger partial charge in [-0.05, 0) is 56.5 Å². The van der Waals surface area contributed by atoms with Crippen LogP contribution in [0.25, 0.3) is 10.9 Å². The van der Waals surface area contributed by atoms with E-state index in [0.717, 1.165) is 5.56 Å². The molecule has 0 saturated carbocycles. The third-order valence-electron chi connectivity index (χ3n) is 6.07. The molecule has 7 nitrogen and oxygen atoms in total. The minimum atomic E-state index is -0.469. The van der Waals surface area contributed by atoms with Gasteiger partial charge in [0.2, 0.25) is 5.91 Å². The molecule has 1 unspecified atom stereocenters. The molecule has 1 amide bonds. The number of carbonyl (C=O) groups is 2. The normalized spacial score (nSPS) is 11.9. The average molecular weight is 532 g/mol. The van der Waals surface area contributed by atoms with Crippen molar-refractivity contribution >= 4 is 46.0 Å². The summed E-state index contributed by atoms with van der Waals surface area (Å²) in [6, 6.07) is 12.0. The molecule has 0 saturated heterocycles. The number of benzene rings is 2. The van der Waals surface area contributed by atoms with E-state index in [4.69, 9.17) is 32.9 Å². The van der Waals surface area contributed by atoms with Gasteiger partial charge in [0.05, 0.1) is 30.0 Å². The van der Waals surface area contributed by atoms with Crippen molar-refractivity contribution in [2.45, 2.75) is 59.0 Å². The molecule has 0 radical (unpaired) electrons. The first-order valence-electron chi connectivity index (χ1n) is 12.2. The number of para-hydroxylation sites is 1. The van der Waals surface area contributed by atoms with Gasteiger partial charge in [-0.3, -0.25) is 19.0 Å². The smallest absolute Gasteiger partial charge is 0.306 e. The molecule has 0 aliphatic heterocycles. The Morgan fingerprint density at radius 2 is 1.83 bits per heavy atom. The number of carbonyl (C=O) groups excluding carboxylic acids is 2. The molecule has 0 aliphatic rings. The molecular formula is C27H31Cl2N3O4. The number of hydrogen-bond donors (Lipinski definition) is 0. The number of nitrogens with zero attached hydrogens (tertiary/aromatic N) is 3. The number of aromatic nitrogens is 2. The summed E-state index contributed by atoms with van der Waals surface area (Å²) in [4.78, 5) is 45.2. The van der Waals surface area contributed by atoms with Gasteiger partial charge in [0.1, 0.15) is 5.82 Å². The fourth-order valence-corrected chi connectivity index (χ4v) is 4.80. The van der Waals surface area contributed by atoms with Gasteiger partial charge >= 0.3 is 5.97 Å². The Bertz CT molecular complexity index is 1290. The fourth-order valence-electron chi connectivity index (χ4n) is 4.29. The van der Waals surface area contributed by atoms with Crippen molar-refractivity contribution in [3.05, 3.63) is 74.3 Å². The Morgan fingerprint density at radius 3 is 2.50 bits per heavy atom. The van der Waals surface area contributed by atoms with Gasteiger partial charge in [0.25, 0.3) is 5.56 Å². The first-order valence-corrected chi connectivity index (χ1v) is 12.9. The Labute approximate surface area is 221 Å². The maximum absolute atomic E-state index is 13.5. The molecule has 0 bridgehead atoms. The molecular weight excluding hydrogens is 501 g/mol. The summed E-state index contributed by atoms with van der Waals surface area (Å²) in [7, 11) is 0. The molecule has 1 heterocycles. The topological polar surface area (TPSA) is 81.5 Å². The zero-order chi connectivity index (χ0) is 26.2. The second-order valence-corrected chi connectivity index (χ2v) is 9.18. The van der Waals surface area contributed by atoms with Crippen LogP contribution in [0.2, 0.25) is 10.0 Å². The van der Waals surface area contributed by atoms with E-state index in [1.807, 2.05) is 32.0 Å². The van der Waals surface area contributed by atoms with Crippen LogP contribution in [0.4, 0.5) is 0 Å². The van der Waals surface area contributed by atoms with Crippen molar-refractivity contribution < 1.29 is 14.3 Å². The molecule has 0 fully saturated rings. The number of esters is 1. The van der Waals surface area contributed by atoms with E-state index in [2.05, 4.69) is 0 Å². The van der Waals surface area contributed by atoms with Crippen molar-refractivity contribution in [1.82, 2.24) is 14.5 Å². The minimum absolute atomic E-state index is 0.00633. The number of amides is 1. The van der Waals surface area contributed by atoms with E-state index >= 15 is 0 Å². The first kappa shape index (κ1) is 27.7. The molecule has 192 valence electrons. The molecule has 0 spiro atoms. The minimum Gasteiger partial charge on any atom is -0.466 e. The summed E-state index contributed by atoms with van der Waals surface area (Å²) in [6.45, 7) is 6.56. The van der Waals surface area contributed by atoms with Crippen LogP contribution in [0, 0.1) is 0 Å². The summed E-state index contributed by atoms with van der Waals surface area (Å²) in [5.41, 5.74) is 1.29. The Balaban J connectivity index is 2.01. The molecule has 3 aromatic rings. The van der Waals surface area contributed by atoms with Crippen LogP contribution >= 0.6 is 23.2 Å². The maximum atomic E-state index is 13.5. The van der Waals surface area contributed by atoms with Gasteiger partial charge in [0.15, 0.2) is 0 Å². The van der Waals surface area contributed by atoms with Crippen LogP contribution in [0.15, 0.2) is 47.3 Å². The number of rotatable bonds is 11. The highest BCUT2D eigenvalue weighted by Crippen LogP contribution is 2.27. The zero-order valence-corrected chi connectivity index (χ0v) is 22.3. The van der Waals surface area contributed by atoms with Crippen molar-refractivity contribution in [2.24, 2.45) is 0 Å². The molecule has 1 atom stereocenters. The standard InChI is InChI=1S/C27H31Cl2N3O4/c1-4-23(26-30-22-10-8-7-9-20(22)27(35)31(26)5-2)32(24(33)13-14-25(34)36-6-3)16-15-18-11-12-19(28)17-21(18)29/h7-12,17,23H,4-6,13-16H2,1-3H3. The van der Waals surface area contributed by atoms with Crippen LogP contribution in [0.5, 0.6) is 0 Å². The molecule has 1 aromatic heterocycles. The molecule has 9 heteroatoms. The molecule has 36 heavy (non-hydrogen) atoms. The zero-order valence-electron chi connectivity index (χ0n) is 20.8. The number of fused-ring (bicyclic) bond motifs is 1. The highest BCUT2D eigenvalue weighted by atomic mass is 35.5. The average Bonchev–Trinajstić information content (AvgIpc) is 2.86. The third-order valence-corrected chi connectivity index (χ3v) is 6.66. The summed E-state index contributed by atoms with van der Waals surface area (Å²) >= 11 is 12.4. The molecule has 0 N–H and O–H groups in total. The van der Waals surface area contributed by atoms with E-state index in [0.29, 0.717) is 52.7 Å². The van der Waals surface area contributed by atoms with E-state index in [1.165, 1.54) is 0 Å². The lowest BCUT2D eigenvalue weighted by Crippen LogP contribution is -2.40. The molecule has 3 rings (SSSR count). The SMILES string of the molecule is CCOC(=O)CCC(=O)N(CCc1ccc(Cl)cc1Cl)C(CC)c1nc2ccccc2c(=O)n1CC. The fraction of sp³-hybridized carbons (Fsp3) is 0.407. The van der Waals surface area contributed by atoms with Crippen molar-refractivity contribution in [3.8, 4) is 0 Å². The maximum Gasteiger partial charge on any atom is 0.306 e. The van der Waals surface area contributed by atoms with Gasteiger partial charge in [-0.1, -0.05) is 48.3 Å². The van der Waals surface area contributed by atoms with Gasteiger partial charge in [-0.15, -0.1) is 0 Å². The van der Waals surface area contributed by atoms with E-state index in [1.54, 1.807) is 40.7 Å². The van der Waals surface area contributed by atoms with E-state index in [-0.39, 0.29) is 30.9 Å². The Kier molecular flexibility index (Phi) is 9.90. The lowest BCUT2D eigenvalue weighted by Gasteiger charge is -2.32. The largest absolute Gasteiger partial charge is 0.466 e. The van der Waals surface area contributed by atoms with Crippen LogP contribution in [0.3, 0.4) is 0 Å². The predicted octanol–water partition coefficient (Wildman–Crippen LogP) is 5.59. The van der Waals surface area contributed by atoms with Crippen LogP contribution in [0.1, 0.15) is 57.5 Å². The van der Waals surface area contributed by atoms with Gasteiger partial charge in [-0.25, -0.2) is 4.98 Å². The van der Waals surface area contributed by atoms with Gasteiger partial charge in [-0.2, -0.15) is 0 Å². The quantitative estimate of drug-likeness (QED) is 0.301. The highest BCUT2D eigenvalue weighted by Gasteiger charge is 2.28. The number of ether oxygens (including phenoxy) is 1. The van der Waals surface area contributed by atoms with Crippen molar-refractivity contribution in [1.29, 1.82) is 0 Å². The Hall–Kier alpha value is -2.90. The van der Waals surface area contributed by atoms with Crippen LogP contribution < -0.4 is 5.56 Å². The van der Waals surface area contributed by atoms with E-state index < -0.39 is 12.0 Å². The van der Waals surface area contributed by atoms with E-state index in [9.17, 15) is 14.4 Å². The summed E-state index contributed by atoms with van der Waals surface area (Å²) in [5, 5.41) is 1.58. The molecule has 2 aromatic carbocycles. The van der Waals surface area contributed by atoms with Crippen LogP contribution in [-0.2, 0) is 27.3 Å². The van der Waals surface area contributed by atoms with Crippen molar-refractivity contribution in [3.63, 3.8) is 0 Å². The van der Waals surface area contributed by atoms with Crippen LogP contribution in [-0.4, -0.2) is 39.5 Å². The predicted molar refractivity (Wildman–Crippen MR) is 142 cm³/mol. The van der Waals surface area contributed by atoms with Gasteiger partial charge < -0.3 is 9.64 Å². The second kappa shape index (κ2) is 12.9. The van der Waals surface area contributed by atoms with Gasteiger partial charge in [0, 0.05) is 29.6 Å². The van der Waals surface area contributed by atoms with Crippen molar-refractivity contribution in [2.75, 3.05) is 13.2 Å².